The number of aryl methyl sites for hydroxylation is 2. The number of non-ortho nitro benzene ring substituents is 1. The van der Waals surface area contributed by atoms with Crippen LogP contribution in [0.15, 0.2) is 39.9 Å². The predicted octanol–water partition coefficient (Wildman–Crippen LogP) is 2.96. The van der Waals surface area contributed by atoms with Gasteiger partial charge in [0.15, 0.2) is 0 Å². The molecular formula is C15H15N3O4. The maximum absolute atomic E-state index is 12.0. The summed E-state index contributed by atoms with van der Waals surface area (Å²) in [6.45, 7) is 5.10. The van der Waals surface area contributed by atoms with Gasteiger partial charge in [-0.3, -0.25) is 14.9 Å². The lowest BCUT2D eigenvalue weighted by Crippen LogP contribution is -2.19. The van der Waals surface area contributed by atoms with E-state index in [9.17, 15) is 14.9 Å². The Balaban J connectivity index is 2.16. The van der Waals surface area contributed by atoms with Crippen LogP contribution in [-0.4, -0.2) is 16.5 Å². The van der Waals surface area contributed by atoms with Gasteiger partial charge < -0.3 is 4.42 Å². The predicted molar refractivity (Wildman–Crippen MR) is 81.0 cm³/mol. The Bertz CT molecular complexity index is 762. The lowest BCUT2D eigenvalue weighted by atomic mass is 10.1. The summed E-state index contributed by atoms with van der Waals surface area (Å²) in [6, 6.07) is 7.68. The second kappa shape index (κ2) is 6.21. The first-order chi connectivity index (χ1) is 10.4. The van der Waals surface area contributed by atoms with Crippen LogP contribution >= 0.6 is 0 Å². The van der Waals surface area contributed by atoms with Crippen molar-refractivity contribution in [1.29, 1.82) is 0 Å². The minimum absolute atomic E-state index is 0.0281. The van der Waals surface area contributed by atoms with Crippen LogP contribution in [0.3, 0.4) is 0 Å². The van der Waals surface area contributed by atoms with E-state index in [4.69, 9.17) is 4.42 Å². The highest BCUT2D eigenvalue weighted by molar-refractivity contribution is 6.01. The molecular weight excluding hydrogens is 286 g/mol. The number of nitrogens with one attached hydrogen (secondary N) is 1. The number of rotatable bonds is 4. The molecule has 1 amide bonds. The number of amides is 1. The minimum Gasteiger partial charge on any atom is -0.466 e. The van der Waals surface area contributed by atoms with Crippen LogP contribution in [0.2, 0.25) is 0 Å². The molecule has 0 aliphatic rings. The van der Waals surface area contributed by atoms with E-state index in [0.29, 0.717) is 28.4 Å². The van der Waals surface area contributed by atoms with Crippen molar-refractivity contribution in [2.24, 2.45) is 5.10 Å². The van der Waals surface area contributed by atoms with Crippen molar-refractivity contribution in [3.63, 3.8) is 0 Å². The van der Waals surface area contributed by atoms with Crippen LogP contribution < -0.4 is 5.43 Å². The van der Waals surface area contributed by atoms with E-state index >= 15 is 0 Å². The van der Waals surface area contributed by atoms with Gasteiger partial charge in [-0.15, -0.1) is 0 Å². The number of carbonyl (C=O) groups excluding carboxylic acids is 1. The Morgan fingerprint density at radius 2 is 2.05 bits per heavy atom. The summed E-state index contributed by atoms with van der Waals surface area (Å²) in [5, 5.41) is 14.7. The summed E-state index contributed by atoms with van der Waals surface area (Å²) >= 11 is 0. The maximum Gasteiger partial charge on any atom is 0.274 e. The second-order valence-electron chi connectivity index (χ2n) is 4.77. The molecule has 0 unspecified atom stereocenters. The van der Waals surface area contributed by atoms with E-state index < -0.39 is 4.92 Å². The Labute approximate surface area is 126 Å². The molecule has 0 spiro atoms. The fourth-order valence-corrected chi connectivity index (χ4v) is 1.96. The van der Waals surface area contributed by atoms with Gasteiger partial charge in [-0.05, 0) is 26.8 Å². The highest BCUT2D eigenvalue weighted by Gasteiger charge is 2.13. The average molecular weight is 301 g/mol. The Kier molecular flexibility index (Phi) is 4.36. The van der Waals surface area contributed by atoms with Crippen LogP contribution in [0.25, 0.3) is 0 Å². The van der Waals surface area contributed by atoms with E-state index in [1.165, 1.54) is 12.1 Å². The monoisotopic (exact) mass is 301 g/mol. The Hall–Kier alpha value is -2.96. The van der Waals surface area contributed by atoms with Crippen molar-refractivity contribution in [2.75, 3.05) is 0 Å². The van der Waals surface area contributed by atoms with Crippen molar-refractivity contribution in [2.45, 2.75) is 20.8 Å². The largest absolute Gasteiger partial charge is 0.466 e. The summed E-state index contributed by atoms with van der Waals surface area (Å²) in [5.74, 6) is 0.763. The number of nitrogens with zero attached hydrogens (tertiary/aromatic N) is 2. The number of nitro groups is 1. The van der Waals surface area contributed by atoms with E-state index in [-0.39, 0.29) is 11.6 Å². The molecule has 1 heterocycles. The first kappa shape index (κ1) is 15.4. The number of hydrogen-bond donors (Lipinski definition) is 1. The number of hydrogen-bond acceptors (Lipinski definition) is 5. The van der Waals surface area contributed by atoms with Gasteiger partial charge in [0.2, 0.25) is 0 Å². The van der Waals surface area contributed by atoms with Gasteiger partial charge in [0.25, 0.3) is 11.6 Å². The van der Waals surface area contributed by atoms with E-state index in [0.717, 1.165) is 0 Å². The highest BCUT2D eigenvalue weighted by Crippen LogP contribution is 2.15. The summed E-state index contributed by atoms with van der Waals surface area (Å²) in [7, 11) is 0. The Morgan fingerprint density at radius 3 is 2.64 bits per heavy atom. The smallest absolute Gasteiger partial charge is 0.274 e. The first-order valence-corrected chi connectivity index (χ1v) is 6.55. The number of hydrazone groups is 1. The molecule has 2 aromatic rings. The van der Waals surface area contributed by atoms with Crippen molar-refractivity contribution in [3.05, 3.63) is 63.1 Å². The molecule has 2 rings (SSSR count). The highest BCUT2D eigenvalue weighted by atomic mass is 16.6. The zero-order valence-electron chi connectivity index (χ0n) is 12.4. The SMILES string of the molecule is CC(=NNC(=O)c1cc(C)oc1C)c1cccc([N+](=O)[O-])c1. The van der Waals surface area contributed by atoms with E-state index in [1.807, 2.05) is 0 Å². The fourth-order valence-electron chi connectivity index (χ4n) is 1.96. The lowest BCUT2D eigenvalue weighted by Gasteiger charge is -2.02. The number of nitro benzene ring substituents is 1. The summed E-state index contributed by atoms with van der Waals surface area (Å²) in [5.41, 5.74) is 3.83. The van der Waals surface area contributed by atoms with Crippen molar-refractivity contribution in [1.82, 2.24) is 5.43 Å². The normalized spacial score (nSPS) is 11.3. The summed E-state index contributed by atoms with van der Waals surface area (Å²) < 4.78 is 5.28. The zero-order valence-corrected chi connectivity index (χ0v) is 12.4. The van der Waals surface area contributed by atoms with Crippen LogP contribution in [-0.2, 0) is 0 Å². The fraction of sp³-hybridized carbons (Fsp3) is 0.200. The molecule has 114 valence electrons. The van der Waals surface area contributed by atoms with Gasteiger partial charge in [0.05, 0.1) is 16.2 Å². The molecule has 1 N–H and O–H groups in total. The molecule has 0 bridgehead atoms. The number of furan rings is 1. The standard InChI is InChI=1S/C15H15N3O4/c1-9-7-14(11(3)22-9)15(19)17-16-10(2)12-5-4-6-13(8-12)18(20)21/h4-8H,1-3H3,(H,17,19). The maximum atomic E-state index is 12.0. The molecule has 0 saturated heterocycles. The molecule has 0 aliphatic carbocycles. The topological polar surface area (TPSA) is 97.7 Å². The molecule has 0 fully saturated rings. The molecule has 0 radical (unpaired) electrons. The first-order valence-electron chi connectivity index (χ1n) is 6.55. The molecule has 7 nitrogen and oxygen atoms in total. The van der Waals surface area contributed by atoms with E-state index in [2.05, 4.69) is 10.5 Å². The van der Waals surface area contributed by atoms with Crippen LogP contribution in [0, 0.1) is 24.0 Å². The molecule has 1 aromatic carbocycles. The molecule has 1 aromatic heterocycles. The lowest BCUT2D eigenvalue weighted by molar-refractivity contribution is -0.384. The van der Waals surface area contributed by atoms with Crippen molar-refractivity contribution < 1.29 is 14.1 Å². The van der Waals surface area contributed by atoms with Gasteiger partial charge in [-0.25, -0.2) is 5.43 Å². The Morgan fingerprint density at radius 1 is 1.32 bits per heavy atom. The summed E-state index contributed by atoms with van der Waals surface area (Å²) in [4.78, 5) is 22.3. The minimum atomic E-state index is -0.479. The third-order valence-electron chi connectivity index (χ3n) is 3.09. The number of benzene rings is 1. The third kappa shape index (κ3) is 3.38. The van der Waals surface area contributed by atoms with Crippen LogP contribution in [0.1, 0.15) is 34.4 Å². The van der Waals surface area contributed by atoms with E-state index in [1.54, 1.807) is 39.0 Å². The van der Waals surface area contributed by atoms with Gasteiger partial charge >= 0.3 is 0 Å². The average Bonchev–Trinajstić information content (AvgIpc) is 2.83. The van der Waals surface area contributed by atoms with Crippen LogP contribution in [0.5, 0.6) is 0 Å². The molecule has 22 heavy (non-hydrogen) atoms. The quantitative estimate of drug-likeness (QED) is 0.533. The second-order valence-corrected chi connectivity index (χ2v) is 4.77. The number of carbonyl (C=O) groups is 1. The van der Waals surface area contributed by atoms with Gasteiger partial charge in [0.1, 0.15) is 11.5 Å². The van der Waals surface area contributed by atoms with Crippen molar-refractivity contribution in [3.8, 4) is 0 Å². The molecule has 0 saturated carbocycles. The van der Waals surface area contributed by atoms with Gasteiger partial charge in [0, 0.05) is 17.7 Å². The summed E-state index contributed by atoms with van der Waals surface area (Å²) in [6.07, 6.45) is 0. The van der Waals surface area contributed by atoms with Crippen molar-refractivity contribution >= 4 is 17.3 Å². The molecule has 0 atom stereocenters. The molecule has 7 heteroatoms. The van der Waals surface area contributed by atoms with Crippen LogP contribution in [0.4, 0.5) is 5.69 Å². The third-order valence-corrected chi connectivity index (χ3v) is 3.09. The van der Waals surface area contributed by atoms with Gasteiger partial charge in [-0.1, -0.05) is 12.1 Å². The molecule has 0 aliphatic heterocycles. The zero-order chi connectivity index (χ0) is 16.3. The van der Waals surface area contributed by atoms with Gasteiger partial charge in [-0.2, -0.15) is 5.10 Å².